The molecular weight excluding hydrogens is 426 g/mol. The summed E-state index contributed by atoms with van der Waals surface area (Å²) in [6, 6.07) is 16.3. The third-order valence-corrected chi connectivity index (χ3v) is 5.39. The van der Waals surface area contributed by atoms with Crippen molar-refractivity contribution in [1.29, 1.82) is 0 Å². The molecular formula is C25H23NO7. The molecule has 1 aliphatic heterocycles. The van der Waals surface area contributed by atoms with Gasteiger partial charge in [-0.15, -0.1) is 0 Å². The highest BCUT2D eigenvalue weighted by molar-refractivity contribution is 6.15. The van der Waals surface area contributed by atoms with Gasteiger partial charge in [0.1, 0.15) is 23.9 Å². The molecule has 170 valence electrons. The van der Waals surface area contributed by atoms with Crippen LogP contribution in [-0.4, -0.2) is 49.1 Å². The zero-order chi connectivity index (χ0) is 23.4. The second kappa shape index (κ2) is 9.52. The molecule has 0 aliphatic carbocycles. The summed E-state index contributed by atoms with van der Waals surface area (Å²) in [5, 5.41) is 10.7. The summed E-state index contributed by atoms with van der Waals surface area (Å²) in [5.41, 5.74) is 0.608. The van der Waals surface area contributed by atoms with Gasteiger partial charge in [-0.2, -0.15) is 0 Å². The van der Waals surface area contributed by atoms with Crippen LogP contribution in [0.5, 0.6) is 17.2 Å². The van der Waals surface area contributed by atoms with Crippen LogP contribution >= 0.6 is 0 Å². The molecule has 0 saturated heterocycles. The molecule has 1 amide bonds. The van der Waals surface area contributed by atoms with Crippen LogP contribution in [0.1, 0.15) is 22.2 Å². The number of amides is 1. The number of hydrogen-bond donors (Lipinski definition) is 1. The van der Waals surface area contributed by atoms with Crippen molar-refractivity contribution in [3.63, 3.8) is 0 Å². The van der Waals surface area contributed by atoms with Crippen LogP contribution in [0.3, 0.4) is 0 Å². The minimum absolute atomic E-state index is 0.0374. The van der Waals surface area contributed by atoms with Crippen LogP contribution in [-0.2, 0) is 4.79 Å². The first-order valence-corrected chi connectivity index (χ1v) is 10.3. The topological polar surface area (TPSA) is 98.4 Å². The van der Waals surface area contributed by atoms with E-state index in [4.69, 9.17) is 18.6 Å². The second-order valence-corrected chi connectivity index (χ2v) is 7.27. The van der Waals surface area contributed by atoms with E-state index in [2.05, 4.69) is 0 Å². The fourth-order valence-corrected chi connectivity index (χ4v) is 3.72. The number of aliphatic hydroxyl groups excluding tert-OH is 1. The Morgan fingerprint density at radius 3 is 2.15 bits per heavy atom. The number of Topliss-reactive ketones (excluding diaryl/α,β-unsaturated/α-hetero) is 1. The summed E-state index contributed by atoms with van der Waals surface area (Å²) in [7, 11) is 3.13. The standard InChI is InChI=1S/C25H23NO7/c1-30-17-7-5-16(6-8-17)22-21(23(27)20-4-3-14-33-20)24(28)25(29)26(22)13-15-32-19-11-9-18(31-2)10-12-19/h3-12,14,22,28H,13,15H2,1-2H3. The minimum atomic E-state index is -0.805. The smallest absolute Gasteiger partial charge is 0.290 e. The first kappa shape index (κ1) is 22.0. The van der Waals surface area contributed by atoms with Crippen molar-refractivity contribution in [2.45, 2.75) is 6.04 Å². The molecule has 0 saturated carbocycles. The number of methoxy groups -OCH3 is 2. The van der Waals surface area contributed by atoms with Crippen LogP contribution in [0, 0.1) is 0 Å². The largest absolute Gasteiger partial charge is 0.503 e. The Labute approximate surface area is 190 Å². The summed E-state index contributed by atoms with van der Waals surface area (Å²) in [4.78, 5) is 27.5. The molecule has 1 unspecified atom stereocenters. The molecule has 1 aromatic heterocycles. The summed E-state index contributed by atoms with van der Waals surface area (Å²) in [6.45, 7) is 0.292. The lowest BCUT2D eigenvalue weighted by Crippen LogP contribution is -2.34. The second-order valence-electron chi connectivity index (χ2n) is 7.27. The molecule has 1 aliphatic rings. The first-order valence-electron chi connectivity index (χ1n) is 10.3. The van der Waals surface area contributed by atoms with Crippen LogP contribution in [0.4, 0.5) is 0 Å². The van der Waals surface area contributed by atoms with Gasteiger partial charge in [0.05, 0.1) is 38.6 Å². The number of carbonyl (C=O) groups excluding carboxylic acids is 2. The normalized spacial score (nSPS) is 15.6. The third-order valence-electron chi connectivity index (χ3n) is 5.39. The monoisotopic (exact) mass is 449 g/mol. The predicted octanol–water partition coefficient (Wildman–Crippen LogP) is 3.95. The molecule has 0 radical (unpaired) electrons. The van der Waals surface area contributed by atoms with E-state index >= 15 is 0 Å². The number of benzene rings is 2. The van der Waals surface area contributed by atoms with E-state index in [1.165, 1.54) is 17.2 Å². The maximum Gasteiger partial charge on any atom is 0.290 e. The van der Waals surface area contributed by atoms with E-state index in [1.54, 1.807) is 68.8 Å². The molecule has 8 heteroatoms. The highest BCUT2D eigenvalue weighted by Crippen LogP contribution is 2.39. The molecule has 8 nitrogen and oxygen atoms in total. The lowest BCUT2D eigenvalue weighted by Gasteiger charge is -2.26. The molecule has 1 atom stereocenters. The molecule has 2 aromatic carbocycles. The van der Waals surface area contributed by atoms with Crippen molar-refractivity contribution >= 4 is 11.7 Å². The van der Waals surface area contributed by atoms with Gasteiger partial charge in [-0.05, 0) is 54.1 Å². The predicted molar refractivity (Wildman–Crippen MR) is 119 cm³/mol. The lowest BCUT2D eigenvalue weighted by molar-refractivity contribution is -0.129. The number of nitrogens with zero attached hydrogens (tertiary/aromatic N) is 1. The van der Waals surface area contributed by atoms with Gasteiger partial charge in [0.2, 0.25) is 5.78 Å². The van der Waals surface area contributed by atoms with E-state index in [0.29, 0.717) is 22.8 Å². The average Bonchev–Trinajstić information content (AvgIpc) is 3.47. The van der Waals surface area contributed by atoms with Crippen LogP contribution < -0.4 is 14.2 Å². The van der Waals surface area contributed by atoms with Gasteiger partial charge in [-0.3, -0.25) is 9.59 Å². The Hall–Kier alpha value is -4.20. The third kappa shape index (κ3) is 4.41. The van der Waals surface area contributed by atoms with E-state index in [9.17, 15) is 14.7 Å². The van der Waals surface area contributed by atoms with E-state index in [-0.39, 0.29) is 24.5 Å². The van der Waals surface area contributed by atoms with E-state index in [0.717, 1.165) is 0 Å². The zero-order valence-electron chi connectivity index (χ0n) is 18.2. The molecule has 4 rings (SSSR count). The van der Waals surface area contributed by atoms with E-state index in [1.807, 2.05) is 0 Å². The quantitative estimate of drug-likeness (QED) is 0.494. The summed E-state index contributed by atoms with van der Waals surface area (Å²) >= 11 is 0. The van der Waals surface area contributed by atoms with Crippen molar-refractivity contribution in [3.05, 3.63) is 89.6 Å². The van der Waals surface area contributed by atoms with Gasteiger partial charge in [0.25, 0.3) is 5.91 Å². The average molecular weight is 449 g/mol. The molecule has 3 aromatic rings. The van der Waals surface area contributed by atoms with E-state index < -0.39 is 23.5 Å². The fraction of sp³-hybridized carbons (Fsp3) is 0.200. The van der Waals surface area contributed by atoms with Crippen molar-refractivity contribution in [3.8, 4) is 17.2 Å². The minimum Gasteiger partial charge on any atom is -0.503 e. The van der Waals surface area contributed by atoms with Crippen molar-refractivity contribution in [2.24, 2.45) is 0 Å². The Morgan fingerprint density at radius 2 is 1.58 bits per heavy atom. The highest BCUT2D eigenvalue weighted by Gasteiger charge is 2.44. The SMILES string of the molecule is COc1ccc(OCCN2C(=O)C(O)=C(C(=O)c3ccco3)C2c2ccc(OC)cc2)cc1. The summed E-state index contributed by atoms with van der Waals surface area (Å²) in [5.74, 6) is 0.180. The number of ether oxygens (including phenoxy) is 3. The van der Waals surface area contributed by atoms with Gasteiger partial charge >= 0.3 is 0 Å². The van der Waals surface area contributed by atoms with Crippen molar-refractivity contribution in [1.82, 2.24) is 4.90 Å². The zero-order valence-corrected chi connectivity index (χ0v) is 18.2. The Kier molecular flexibility index (Phi) is 6.35. The first-order chi connectivity index (χ1) is 16.0. The van der Waals surface area contributed by atoms with Gasteiger partial charge in [0.15, 0.2) is 11.5 Å². The van der Waals surface area contributed by atoms with Gasteiger partial charge in [-0.25, -0.2) is 0 Å². The summed E-state index contributed by atoms with van der Waals surface area (Å²) in [6.07, 6.45) is 1.37. The number of rotatable bonds is 9. The number of aliphatic hydroxyl groups is 1. The number of carbonyl (C=O) groups is 2. The molecule has 2 heterocycles. The Morgan fingerprint density at radius 1 is 0.970 bits per heavy atom. The Balaban J connectivity index is 1.60. The highest BCUT2D eigenvalue weighted by atomic mass is 16.5. The molecule has 0 spiro atoms. The molecule has 33 heavy (non-hydrogen) atoms. The van der Waals surface area contributed by atoms with Gasteiger partial charge in [-0.1, -0.05) is 12.1 Å². The number of furan rings is 1. The maximum absolute atomic E-state index is 13.1. The van der Waals surface area contributed by atoms with Crippen LogP contribution in [0.25, 0.3) is 0 Å². The van der Waals surface area contributed by atoms with Gasteiger partial charge < -0.3 is 28.6 Å². The molecule has 0 fully saturated rings. The maximum atomic E-state index is 13.1. The van der Waals surface area contributed by atoms with Gasteiger partial charge in [0, 0.05) is 0 Å². The van der Waals surface area contributed by atoms with Crippen molar-refractivity contribution in [2.75, 3.05) is 27.4 Å². The molecule has 0 bridgehead atoms. The fourth-order valence-electron chi connectivity index (χ4n) is 3.72. The van der Waals surface area contributed by atoms with Crippen molar-refractivity contribution < 1.29 is 33.3 Å². The van der Waals surface area contributed by atoms with Crippen LogP contribution in [0.15, 0.2) is 82.7 Å². The number of ketones is 1. The molecule has 1 N–H and O–H groups in total. The Bertz CT molecular complexity index is 1150. The lowest BCUT2D eigenvalue weighted by atomic mass is 9.95. The van der Waals surface area contributed by atoms with Crippen LogP contribution in [0.2, 0.25) is 0 Å². The number of hydrogen-bond acceptors (Lipinski definition) is 7. The summed E-state index contributed by atoms with van der Waals surface area (Å²) < 4.78 is 21.3.